The van der Waals surface area contributed by atoms with Crippen molar-refractivity contribution < 1.29 is 9.18 Å². The van der Waals surface area contributed by atoms with Crippen LogP contribution in [0.3, 0.4) is 0 Å². The quantitative estimate of drug-likeness (QED) is 0.289. The van der Waals surface area contributed by atoms with E-state index in [1.807, 2.05) is 84.9 Å². The molecule has 0 unspecified atom stereocenters. The average molecular weight is 462 g/mol. The van der Waals surface area contributed by atoms with Crippen molar-refractivity contribution in [3.63, 3.8) is 0 Å². The van der Waals surface area contributed by atoms with Gasteiger partial charge in [-0.25, -0.2) is 9.37 Å². The average Bonchev–Trinajstić information content (AvgIpc) is 2.91. The van der Waals surface area contributed by atoms with Crippen LogP contribution in [0.15, 0.2) is 115 Å². The fourth-order valence-corrected chi connectivity index (χ4v) is 4.00. The van der Waals surface area contributed by atoms with Gasteiger partial charge in [-0.1, -0.05) is 72.8 Å². The minimum Gasteiger partial charge on any atom is -0.366 e. The zero-order valence-corrected chi connectivity index (χ0v) is 19.1. The van der Waals surface area contributed by atoms with E-state index in [1.165, 1.54) is 12.1 Å². The Bertz CT molecular complexity index is 1450. The Morgan fingerprint density at radius 2 is 1.51 bits per heavy atom. The molecule has 0 atom stereocenters. The molecular formula is C30H24FN3O. The number of benzene rings is 4. The summed E-state index contributed by atoms with van der Waals surface area (Å²) in [5.41, 5.74) is 3.26. The lowest BCUT2D eigenvalue weighted by molar-refractivity contribution is 0.0985. The van der Waals surface area contributed by atoms with Gasteiger partial charge in [0.05, 0.1) is 6.54 Å². The third-order valence-electron chi connectivity index (χ3n) is 5.87. The molecule has 0 radical (unpaired) electrons. The largest absolute Gasteiger partial charge is 0.366 e. The molecule has 0 spiro atoms. The van der Waals surface area contributed by atoms with Crippen molar-refractivity contribution in [3.05, 3.63) is 138 Å². The van der Waals surface area contributed by atoms with Gasteiger partial charge in [-0.3, -0.25) is 4.79 Å². The van der Waals surface area contributed by atoms with Gasteiger partial charge in [0.15, 0.2) is 0 Å². The highest BCUT2D eigenvalue weighted by Crippen LogP contribution is 2.24. The number of pyridine rings is 1. The lowest BCUT2D eigenvalue weighted by atomic mass is 10.1. The highest BCUT2D eigenvalue weighted by molar-refractivity contribution is 6.08. The first-order valence-corrected chi connectivity index (χ1v) is 11.4. The van der Waals surface area contributed by atoms with Gasteiger partial charge in [-0.05, 0) is 52.2 Å². The number of carbonyl (C=O) groups excluding carboxylic acids is 1. The molecule has 5 rings (SSSR count). The molecule has 0 saturated heterocycles. The molecular weight excluding hydrogens is 437 g/mol. The van der Waals surface area contributed by atoms with Gasteiger partial charge in [0.2, 0.25) is 0 Å². The van der Waals surface area contributed by atoms with Gasteiger partial charge < -0.3 is 10.2 Å². The van der Waals surface area contributed by atoms with E-state index in [0.29, 0.717) is 30.2 Å². The molecule has 172 valence electrons. The highest BCUT2D eigenvalue weighted by atomic mass is 19.1. The molecule has 5 heteroatoms. The van der Waals surface area contributed by atoms with Crippen LogP contribution < -0.4 is 10.2 Å². The first-order chi connectivity index (χ1) is 17.2. The van der Waals surface area contributed by atoms with Crippen LogP contribution in [0.2, 0.25) is 0 Å². The summed E-state index contributed by atoms with van der Waals surface area (Å²) in [5.74, 6) is 0.222. The van der Waals surface area contributed by atoms with Crippen LogP contribution in [-0.4, -0.2) is 10.9 Å². The van der Waals surface area contributed by atoms with Gasteiger partial charge >= 0.3 is 0 Å². The van der Waals surface area contributed by atoms with E-state index in [2.05, 4.69) is 10.3 Å². The van der Waals surface area contributed by atoms with E-state index >= 15 is 0 Å². The Morgan fingerprint density at radius 1 is 0.771 bits per heavy atom. The summed E-state index contributed by atoms with van der Waals surface area (Å²) >= 11 is 0. The summed E-state index contributed by atoms with van der Waals surface area (Å²) < 4.78 is 13.5. The summed E-state index contributed by atoms with van der Waals surface area (Å²) in [6.07, 6.45) is 1.69. The van der Waals surface area contributed by atoms with Crippen LogP contribution in [0.5, 0.6) is 0 Å². The monoisotopic (exact) mass is 461 g/mol. The first kappa shape index (κ1) is 22.3. The SMILES string of the molecule is O=C(c1ccc2ccccc2c1)N(Cc1ccc(F)cc1)c1ccnc(NCc2ccccc2)c1. The van der Waals surface area contributed by atoms with Gasteiger partial charge in [-0.15, -0.1) is 0 Å². The molecule has 0 saturated carbocycles. The highest BCUT2D eigenvalue weighted by Gasteiger charge is 2.19. The topological polar surface area (TPSA) is 45.2 Å². The zero-order valence-electron chi connectivity index (χ0n) is 19.1. The Labute approximate surface area is 203 Å². The summed E-state index contributed by atoms with van der Waals surface area (Å²) in [6.45, 7) is 0.919. The number of hydrogen-bond acceptors (Lipinski definition) is 3. The van der Waals surface area contributed by atoms with Crippen LogP contribution in [0, 0.1) is 5.82 Å². The second-order valence-corrected chi connectivity index (χ2v) is 8.32. The fraction of sp³-hybridized carbons (Fsp3) is 0.0667. The predicted molar refractivity (Wildman–Crippen MR) is 139 cm³/mol. The number of aromatic nitrogens is 1. The number of fused-ring (bicyclic) bond motifs is 1. The molecule has 0 aliphatic rings. The number of rotatable bonds is 7. The fourth-order valence-electron chi connectivity index (χ4n) is 4.00. The standard InChI is InChI=1S/C30H24FN3O/c31-27-14-10-23(11-15-27)21-34(30(35)26-13-12-24-8-4-5-9-25(24)18-26)28-16-17-32-29(19-28)33-20-22-6-2-1-3-7-22/h1-19H,20-21H2,(H,32,33). The van der Waals surface area contributed by atoms with Crippen LogP contribution in [0.4, 0.5) is 15.9 Å². The summed E-state index contributed by atoms with van der Waals surface area (Å²) in [4.78, 5) is 19.9. The van der Waals surface area contributed by atoms with Crippen LogP contribution >= 0.6 is 0 Å². The number of hydrogen-bond donors (Lipinski definition) is 1. The number of halogens is 1. The number of carbonyl (C=O) groups is 1. The van der Waals surface area contributed by atoms with Crippen molar-refractivity contribution in [1.29, 1.82) is 0 Å². The van der Waals surface area contributed by atoms with Crippen LogP contribution in [0.25, 0.3) is 10.8 Å². The Balaban J connectivity index is 1.46. The Kier molecular flexibility index (Phi) is 6.48. The number of nitrogens with one attached hydrogen (secondary N) is 1. The second-order valence-electron chi connectivity index (χ2n) is 8.32. The molecule has 1 amide bonds. The molecule has 0 fully saturated rings. The molecule has 4 nitrogen and oxygen atoms in total. The maximum atomic E-state index is 13.8. The lowest BCUT2D eigenvalue weighted by Gasteiger charge is -2.24. The van der Waals surface area contributed by atoms with E-state index in [0.717, 1.165) is 21.9 Å². The summed E-state index contributed by atoms with van der Waals surface area (Å²) in [5, 5.41) is 5.41. The number of amides is 1. The molecule has 0 bridgehead atoms. The number of anilines is 2. The van der Waals surface area contributed by atoms with Crippen LogP contribution in [-0.2, 0) is 13.1 Å². The Hall–Kier alpha value is -4.51. The lowest BCUT2D eigenvalue weighted by Crippen LogP contribution is -2.30. The maximum absolute atomic E-state index is 13.8. The van der Waals surface area contributed by atoms with E-state index in [4.69, 9.17) is 0 Å². The smallest absolute Gasteiger partial charge is 0.258 e. The van der Waals surface area contributed by atoms with Crippen molar-refractivity contribution in [2.24, 2.45) is 0 Å². The van der Waals surface area contributed by atoms with Crippen molar-refractivity contribution in [3.8, 4) is 0 Å². The summed E-state index contributed by atoms with van der Waals surface area (Å²) in [6, 6.07) is 33.6. The normalized spacial score (nSPS) is 10.8. The molecule has 0 aliphatic heterocycles. The molecule has 1 aromatic heterocycles. The third-order valence-corrected chi connectivity index (χ3v) is 5.87. The molecule has 4 aromatic carbocycles. The van der Waals surface area contributed by atoms with E-state index < -0.39 is 0 Å². The van der Waals surface area contributed by atoms with Crippen LogP contribution in [0.1, 0.15) is 21.5 Å². The predicted octanol–water partition coefficient (Wildman–Crippen LogP) is 6.83. The second kappa shape index (κ2) is 10.2. The minimum atomic E-state index is -0.308. The van der Waals surface area contributed by atoms with Gasteiger partial charge in [-0.2, -0.15) is 0 Å². The third kappa shape index (κ3) is 5.36. The molecule has 1 N–H and O–H groups in total. The molecule has 5 aromatic rings. The van der Waals surface area contributed by atoms with Crippen molar-refractivity contribution in [1.82, 2.24) is 4.98 Å². The maximum Gasteiger partial charge on any atom is 0.258 e. The summed E-state index contributed by atoms with van der Waals surface area (Å²) in [7, 11) is 0. The van der Waals surface area contributed by atoms with E-state index in [-0.39, 0.29) is 11.7 Å². The van der Waals surface area contributed by atoms with E-state index in [1.54, 1.807) is 23.2 Å². The van der Waals surface area contributed by atoms with Crippen molar-refractivity contribution in [2.75, 3.05) is 10.2 Å². The first-order valence-electron chi connectivity index (χ1n) is 11.4. The van der Waals surface area contributed by atoms with Gasteiger partial charge in [0, 0.05) is 30.1 Å². The van der Waals surface area contributed by atoms with Crippen molar-refractivity contribution in [2.45, 2.75) is 13.1 Å². The molecule has 1 heterocycles. The minimum absolute atomic E-state index is 0.139. The number of nitrogens with zero attached hydrogens (tertiary/aromatic N) is 2. The van der Waals surface area contributed by atoms with Gasteiger partial charge in [0.1, 0.15) is 11.6 Å². The Morgan fingerprint density at radius 3 is 2.31 bits per heavy atom. The molecule has 35 heavy (non-hydrogen) atoms. The van der Waals surface area contributed by atoms with Crippen molar-refractivity contribution >= 4 is 28.2 Å². The zero-order chi connectivity index (χ0) is 24.0. The van der Waals surface area contributed by atoms with Gasteiger partial charge in [0.25, 0.3) is 5.91 Å². The molecule has 0 aliphatic carbocycles. The van der Waals surface area contributed by atoms with E-state index in [9.17, 15) is 9.18 Å².